The van der Waals surface area contributed by atoms with Gasteiger partial charge in [0.05, 0.1) is 5.02 Å². The van der Waals surface area contributed by atoms with Crippen LogP contribution in [0.2, 0.25) is 15.1 Å². The van der Waals surface area contributed by atoms with Gasteiger partial charge in [-0.3, -0.25) is 4.79 Å². The van der Waals surface area contributed by atoms with Crippen molar-refractivity contribution in [2.75, 3.05) is 0 Å². The maximum Gasteiger partial charge on any atom is 0.194 e. The van der Waals surface area contributed by atoms with E-state index in [2.05, 4.69) is 0 Å². The zero-order valence-corrected chi connectivity index (χ0v) is 11.2. The van der Waals surface area contributed by atoms with Crippen molar-refractivity contribution >= 4 is 40.6 Å². The lowest BCUT2D eigenvalue weighted by molar-refractivity contribution is 0.103. The lowest BCUT2D eigenvalue weighted by Crippen LogP contribution is -2.02. The van der Waals surface area contributed by atoms with Crippen LogP contribution in [-0.4, -0.2) is 10.9 Å². The molecule has 0 heterocycles. The highest BCUT2D eigenvalue weighted by atomic mass is 35.5. The molecule has 0 aliphatic rings. The number of hydrogen-bond donors (Lipinski definition) is 1. The highest BCUT2D eigenvalue weighted by molar-refractivity contribution is 6.45. The van der Waals surface area contributed by atoms with E-state index in [9.17, 15) is 9.90 Å². The van der Waals surface area contributed by atoms with Crippen LogP contribution in [0.25, 0.3) is 0 Å². The third kappa shape index (κ3) is 2.46. The molecule has 0 saturated heterocycles. The third-order valence-electron chi connectivity index (χ3n) is 2.41. The van der Waals surface area contributed by atoms with E-state index < -0.39 is 0 Å². The van der Waals surface area contributed by atoms with E-state index in [-0.39, 0.29) is 27.1 Å². The average Bonchev–Trinajstić information content (AvgIpc) is 2.36. The van der Waals surface area contributed by atoms with Crippen molar-refractivity contribution in [3.05, 3.63) is 62.6 Å². The molecule has 5 heteroatoms. The predicted octanol–water partition coefficient (Wildman–Crippen LogP) is 4.58. The van der Waals surface area contributed by atoms with Gasteiger partial charge in [-0.15, -0.1) is 0 Å². The third-order valence-corrected chi connectivity index (χ3v) is 3.54. The SMILES string of the molecule is O=C(c1ccc(Cl)cc1)c1ccc(O)c(Cl)c1Cl. The monoisotopic (exact) mass is 300 g/mol. The molecule has 2 aromatic carbocycles. The standard InChI is InChI=1S/C13H7Cl3O2/c14-8-3-1-7(2-4-8)13(18)9-5-6-10(17)12(16)11(9)15/h1-6,17H. The highest BCUT2D eigenvalue weighted by Crippen LogP contribution is 2.34. The van der Waals surface area contributed by atoms with Gasteiger partial charge in [0.2, 0.25) is 0 Å². The number of carbonyl (C=O) groups excluding carboxylic acids is 1. The second-order valence-electron chi connectivity index (χ2n) is 3.60. The Morgan fingerprint density at radius 2 is 1.50 bits per heavy atom. The molecule has 2 nitrogen and oxygen atoms in total. The van der Waals surface area contributed by atoms with Gasteiger partial charge < -0.3 is 5.11 Å². The second-order valence-corrected chi connectivity index (χ2v) is 4.79. The summed E-state index contributed by atoms with van der Waals surface area (Å²) in [5.74, 6) is -0.437. The Hall–Kier alpha value is -1.22. The Kier molecular flexibility index (Phi) is 3.81. The smallest absolute Gasteiger partial charge is 0.194 e. The van der Waals surface area contributed by atoms with Gasteiger partial charge >= 0.3 is 0 Å². The van der Waals surface area contributed by atoms with Crippen LogP contribution >= 0.6 is 34.8 Å². The van der Waals surface area contributed by atoms with Crippen LogP contribution in [0.1, 0.15) is 15.9 Å². The van der Waals surface area contributed by atoms with Crippen molar-refractivity contribution in [3.63, 3.8) is 0 Å². The number of phenols is 1. The topological polar surface area (TPSA) is 37.3 Å². The minimum absolute atomic E-state index is 0.0310. The minimum atomic E-state index is -0.279. The van der Waals surface area contributed by atoms with E-state index in [1.807, 2.05) is 0 Å². The summed E-state index contributed by atoms with van der Waals surface area (Å²) in [5, 5.41) is 9.92. The molecule has 0 radical (unpaired) electrons. The fraction of sp³-hybridized carbons (Fsp3) is 0. The van der Waals surface area contributed by atoms with E-state index in [1.165, 1.54) is 12.1 Å². The molecular formula is C13H7Cl3O2. The quantitative estimate of drug-likeness (QED) is 0.824. The summed E-state index contributed by atoms with van der Waals surface area (Å²) in [6.45, 7) is 0. The number of aromatic hydroxyl groups is 1. The Bertz CT molecular complexity index is 606. The first-order valence-corrected chi connectivity index (χ1v) is 6.11. The van der Waals surface area contributed by atoms with E-state index >= 15 is 0 Å². The molecule has 0 spiro atoms. The lowest BCUT2D eigenvalue weighted by Gasteiger charge is -2.06. The van der Waals surface area contributed by atoms with Gasteiger partial charge in [0, 0.05) is 16.1 Å². The normalized spacial score (nSPS) is 10.4. The van der Waals surface area contributed by atoms with Crippen molar-refractivity contribution in [3.8, 4) is 5.75 Å². The van der Waals surface area contributed by atoms with Crippen LogP contribution in [0, 0.1) is 0 Å². The molecule has 0 fully saturated rings. The molecule has 0 aromatic heterocycles. The van der Waals surface area contributed by atoms with Crippen LogP contribution in [0.4, 0.5) is 0 Å². The van der Waals surface area contributed by atoms with Crippen molar-refractivity contribution in [1.82, 2.24) is 0 Å². The summed E-state index contributed by atoms with van der Waals surface area (Å²) in [7, 11) is 0. The number of benzene rings is 2. The van der Waals surface area contributed by atoms with Gasteiger partial charge in [-0.1, -0.05) is 34.8 Å². The molecule has 1 N–H and O–H groups in total. The summed E-state index contributed by atoms with van der Waals surface area (Å²) in [4.78, 5) is 12.2. The Balaban J connectivity index is 2.46. The molecule has 0 aliphatic heterocycles. The molecule has 0 aliphatic carbocycles. The number of hydrogen-bond acceptors (Lipinski definition) is 2. The van der Waals surface area contributed by atoms with Gasteiger partial charge in [0.25, 0.3) is 0 Å². The average molecular weight is 302 g/mol. The summed E-state index contributed by atoms with van der Waals surface area (Å²) >= 11 is 17.5. The minimum Gasteiger partial charge on any atom is -0.506 e. The maximum atomic E-state index is 12.2. The van der Waals surface area contributed by atoms with Crippen LogP contribution in [-0.2, 0) is 0 Å². The van der Waals surface area contributed by atoms with Crippen molar-refractivity contribution in [2.45, 2.75) is 0 Å². The second kappa shape index (κ2) is 5.19. The van der Waals surface area contributed by atoms with Crippen molar-refractivity contribution in [1.29, 1.82) is 0 Å². The lowest BCUT2D eigenvalue weighted by atomic mass is 10.0. The molecule has 0 unspecified atom stereocenters. The van der Waals surface area contributed by atoms with E-state index in [0.29, 0.717) is 10.6 Å². The first-order chi connectivity index (χ1) is 8.50. The predicted molar refractivity (Wildman–Crippen MR) is 73.0 cm³/mol. The molecule has 0 bridgehead atoms. The summed E-state index contributed by atoms with van der Waals surface area (Å²) in [6.07, 6.45) is 0. The fourth-order valence-electron chi connectivity index (χ4n) is 1.47. The fourth-order valence-corrected chi connectivity index (χ4v) is 2.01. The highest BCUT2D eigenvalue weighted by Gasteiger charge is 2.16. The van der Waals surface area contributed by atoms with Crippen LogP contribution in [0.3, 0.4) is 0 Å². The zero-order valence-electron chi connectivity index (χ0n) is 8.95. The van der Waals surface area contributed by atoms with E-state index in [0.717, 1.165) is 0 Å². The van der Waals surface area contributed by atoms with Gasteiger partial charge in [-0.2, -0.15) is 0 Å². The van der Waals surface area contributed by atoms with Crippen molar-refractivity contribution in [2.24, 2.45) is 0 Å². The molecule has 0 amide bonds. The van der Waals surface area contributed by atoms with Gasteiger partial charge in [0.15, 0.2) is 5.78 Å². The van der Waals surface area contributed by atoms with Gasteiger partial charge in [-0.25, -0.2) is 0 Å². The summed E-state index contributed by atoms with van der Waals surface area (Å²) in [6, 6.07) is 9.19. The first-order valence-electron chi connectivity index (χ1n) is 4.98. The van der Waals surface area contributed by atoms with E-state index in [4.69, 9.17) is 34.8 Å². The number of phenolic OH excluding ortho intramolecular Hbond substituents is 1. The summed E-state index contributed by atoms with van der Waals surface area (Å²) < 4.78 is 0. The first kappa shape index (κ1) is 13.2. The molecular weight excluding hydrogens is 294 g/mol. The molecule has 2 aromatic rings. The van der Waals surface area contributed by atoms with E-state index in [1.54, 1.807) is 24.3 Å². The van der Waals surface area contributed by atoms with Crippen LogP contribution in [0.15, 0.2) is 36.4 Å². The Morgan fingerprint density at radius 3 is 2.11 bits per heavy atom. The van der Waals surface area contributed by atoms with Crippen LogP contribution in [0.5, 0.6) is 5.75 Å². The Morgan fingerprint density at radius 1 is 0.889 bits per heavy atom. The molecule has 0 saturated carbocycles. The largest absolute Gasteiger partial charge is 0.506 e. The van der Waals surface area contributed by atoms with Crippen molar-refractivity contribution < 1.29 is 9.90 Å². The molecule has 2 rings (SSSR count). The number of carbonyl (C=O) groups is 1. The zero-order chi connectivity index (χ0) is 13.3. The molecule has 18 heavy (non-hydrogen) atoms. The molecule has 92 valence electrons. The summed E-state index contributed by atoms with van der Waals surface area (Å²) in [5.41, 5.74) is 0.685. The number of halogens is 3. The van der Waals surface area contributed by atoms with Gasteiger partial charge in [0.1, 0.15) is 10.8 Å². The maximum absolute atomic E-state index is 12.2. The number of ketones is 1. The number of rotatable bonds is 2. The molecule has 0 atom stereocenters. The van der Waals surface area contributed by atoms with Crippen LogP contribution < -0.4 is 0 Å². The Labute approximate surface area is 119 Å². The van der Waals surface area contributed by atoms with Gasteiger partial charge in [-0.05, 0) is 36.4 Å².